The summed E-state index contributed by atoms with van der Waals surface area (Å²) in [5.74, 6) is -0.134. The second-order valence-corrected chi connectivity index (χ2v) is 8.14. The van der Waals surface area contributed by atoms with Crippen LogP contribution in [0, 0.1) is 0 Å². The third-order valence-corrected chi connectivity index (χ3v) is 6.02. The van der Waals surface area contributed by atoms with Crippen LogP contribution in [0.25, 0.3) is 21.9 Å². The Hall–Kier alpha value is -3.32. The van der Waals surface area contributed by atoms with Crippen molar-refractivity contribution in [1.29, 1.82) is 0 Å². The molecule has 2 N–H and O–H groups in total. The first kappa shape index (κ1) is 15.9. The summed E-state index contributed by atoms with van der Waals surface area (Å²) in [5, 5.41) is 4.46. The highest BCUT2D eigenvalue weighted by atomic mass is 32.2. The van der Waals surface area contributed by atoms with Crippen molar-refractivity contribution >= 4 is 49.2 Å². The molecule has 1 amide bonds. The van der Waals surface area contributed by atoms with Crippen molar-refractivity contribution in [1.82, 2.24) is 0 Å². The van der Waals surface area contributed by atoms with E-state index >= 15 is 0 Å². The quantitative estimate of drug-likeness (QED) is 0.566. The maximum absolute atomic E-state index is 12.8. The Morgan fingerprint density at radius 2 is 1.74 bits per heavy atom. The highest BCUT2D eigenvalue weighted by Crippen LogP contribution is 2.32. The van der Waals surface area contributed by atoms with Crippen molar-refractivity contribution in [2.45, 2.75) is 11.3 Å². The van der Waals surface area contributed by atoms with Gasteiger partial charge in [-0.3, -0.25) is 9.52 Å². The fourth-order valence-electron chi connectivity index (χ4n) is 3.38. The lowest BCUT2D eigenvalue weighted by atomic mass is 10.1. The molecule has 7 heteroatoms. The Kier molecular flexibility index (Phi) is 3.29. The molecule has 4 aromatic rings. The molecule has 6 nitrogen and oxygen atoms in total. The van der Waals surface area contributed by atoms with Crippen LogP contribution in [0.4, 0.5) is 11.4 Å². The van der Waals surface area contributed by atoms with E-state index in [9.17, 15) is 13.2 Å². The van der Waals surface area contributed by atoms with E-state index in [1.54, 1.807) is 24.3 Å². The summed E-state index contributed by atoms with van der Waals surface area (Å²) in [6, 6.07) is 17.4. The SMILES string of the molecule is O=C1Cc2cc(S(=O)(=O)Nc3ccc4oc5ccccc5c4c3)ccc2N1. The summed E-state index contributed by atoms with van der Waals surface area (Å²) in [6.07, 6.45) is 0.186. The Morgan fingerprint density at radius 3 is 2.63 bits per heavy atom. The summed E-state index contributed by atoms with van der Waals surface area (Å²) in [5.41, 5.74) is 3.23. The largest absolute Gasteiger partial charge is 0.456 e. The topological polar surface area (TPSA) is 88.4 Å². The molecule has 134 valence electrons. The van der Waals surface area contributed by atoms with Gasteiger partial charge < -0.3 is 9.73 Å². The van der Waals surface area contributed by atoms with Crippen LogP contribution in [0.3, 0.4) is 0 Å². The molecule has 0 spiro atoms. The standard InChI is InChI=1S/C20H14N2O4S/c23-20-10-12-9-14(6-7-17(12)21-20)27(24,25)22-13-5-8-19-16(11-13)15-3-1-2-4-18(15)26-19/h1-9,11,22H,10H2,(H,21,23). The monoisotopic (exact) mass is 378 g/mol. The molecule has 1 aliphatic heterocycles. The number of carbonyl (C=O) groups excluding carboxylic acids is 1. The van der Waals surface area contributed by atoms with Crippen molar-refractivity contribution in [2.75, 3.05) is 10.0 Å². The van der Waals surface area contributed by atoms with Gasteiger partial charge in [0.2, 0.25) is 5.91 Å². The van der Waals surface area contributed by atoms with Gasteiger partial charge >= 0.3 is 0 Å². The number of sulfonamides is 1. The second kappa shape index (κ2) is 5.59. The van der Waals surface area contributed by atoms with Gasteiger partial charge in [0.1, 0.15) is 11.2 Å². The molecule has 5 rings (SSSR count). The predicted octanol–water partition coefficient (Wildman–Crippen LogP) is 3.88. The van der Waals surface area contributed by atoms with E-state index in [2.05, 4.69) is 10.0 Å². The molecule has 1 aromatic heterocycles. The fraction of sp³-hybridized carbons (Fsp3) is 0.0500. The molecule has 0 atom stereocenters. The predicted molar refractivity (Wildman–Crippen MR) is 103 cm³/mol. The van der Waals surface area contributed by atoms with Gasteiger partial charge in [-0.05, 0) is 48.0 Å². The zero-order valence-electron chi connectivity index (χ0n) is 14.0. The molecule has 2 heterocycles. The van der Waals surface area contributed by atoms with E-state index < -0.39 is 10.0 Å². The number of nitrogens with one attached hydrogen (secondary N) is 2. The van der Waals surface area contributed by atoms with Gasteiger partial charge in [-0.15, -0.1) is 0 Å². The summed E-state index contributed by atoms with van der Waals surface area (Å²) in [6.45, 7) is 0. The maximum atomic E-state index is 12.8. The van der Waals surface area contributed by atoms with E-state index in [-0.39, 0.29) is 17.2 Å². The van der Waals surface area contributed by atoms with Gasteiger partial charge in [-0.2, -0.15) is 0 Å². The third kappa shape index (κ3) is 2.63. The van der Waals surface area contributed by atoms with Crippen LogP contribution in [0.5, 0.6) is 0 Å². The van der Waals surface area contributed by atoms with Crippen LogP contribution in [0.1, 0.15) is 5.56 Å². The number of hydrogen-bond acceptors (Lipinski definition) is 4. The lowest BCUT2D eigenvalue weighted by Crippen LogP contribution is -2.13. The maximum Gasteiger partial charge on any atom is 0.261 e. The van der Waals surface area contributed by atoms with Crippen LogP contribution < -0.4 is 10.0 Å². The minimum atomic E-state index is -3.78. The van der Waals surface area contributed by atoms with Crippen LogP contribution in [-0.4, -0.2) is 14.3 Å². The minimum Gasteiger partial charge on any atom is -0.456 e. The molecule has 0 fully saturated rings. The van der Waals surface area contributed by atoms with Crippen molar-refractivity contribution in [3.63, 3.8) is 0 Å². The first-order valence-corrected chi connectivity index (χ1v) is 9.85. The zero-order chi connectivity index (χ0) is 18.6. The minimum absolute atomic E-state index is 0.120. The Balaban J connectivity index is 1.53. The molecular weight excluding hydrogens is 364 g/mol. The van der Waals surface area contributed by atoms with Gasteiger partial charge in [0.15, 0.2) is 0 Å². The lowest BCUT2D eigenvalue weighted by molar-refractivity contribution is -0.115. The van der Waals surface area contributed by atoms with Gasteiger partial charge in [0, 0.05) is 22.1 Å². The van der Waals surface area contributed by atoms with Gasteiger partial charge in [-0.1, -0.05) is 18.2 Å². The first-order valence-electron chi connectivity index (χ1n) is 8.36. The van der Waals surface area contributed by atoms with Crippen molar-refractivity contribution < 1.29 is 17.6 Å². The molecule has 27 heavy (non-hydrogen) atoms. The van der Waals surface area contributed by atoms with Gasteiger partial charge in [-0.25, -0.2) is 8.42 Å². The van der Waals surface area contributed by atoms with E-state index in [1.165, 1.54) is 12.1 Å². The second-order valence-electron chi connectivity index (χ2n) is 6.46. The molecule has 0 aliphatic carbocycles. The van der Waals surface area contributed by atoms with Crippen LogP contribution in [-0.2, 0) is 21.2 Å². The Morgan fingerprint density at radius 1 is 0.926 bits per heavy atom. The summed E-state index contributed by atoms with van der Waals surface area (Å²) in [7, 11) is -3.78. The Bertz CT molecular complexity index is 1340. The van der Waals surface area contributed by atoms with Crippen molar-refractivity contribution in [3.05, 3.63) is 66.2 Å². The van der Waals surface area contributed by atoms with Crippen molar-refractivity contribution in [3.8, 4) is 0 Å². The van der Waals surface area contributed by atoms with Crippen LogP contribution in [0.2, 0.25) is 0 Å². The zero-order valence-corrected chi connectivity index (χ0v) is 14.8. The first-order chi connectivity index (χ1) is 13.0. The molecule has 0 saturated heterocycles. The Labute approximate surface area is 154 Å². The van der Waals surface area contributed by atoms with Crippen molar-refractivity contribution in [2.24, 2.45) is 0 Å². The highest BCUT2D eigenvalue weighted by Gasteiger charge is 2.22. The van der Waals surface area contributed by atoms with E-state index in [1.807, 2.05) is 24.3 Å². The van der Waals surface area contributed by atoms with E-state index in [0.29, 0.717) is 22.5 Å². The number of rotatable bonds is 3. The number of carbonyl (C=O) groups is 1. The number of hydrogen-bond donors (Lipinski definition) is 2. The molecule has 0 saturated carbocycles. The van der Waals surface area contributed by atoms with Gasteiger partial charge in [0.25, 0.3) is 10.0 Å². The third-order valence-electron chi connectivity index (χ3n) is 4.64. The summed E-state index contributed by atoms with van der Waals surface area (Å²) in [4.78, 5) is 11.6. The average molecular weight is 378 g/mol. The molecule has 0 bridgehead atoms. The normalized spacial score (nSPS) is 13.7. The van der Waals surface area contributed by atoms with E-state index in [4.69, 9.17) is 4.42 Å². The molecule has 1 aliphatic rings. The molecule has 0 unspecified atom stereocenters. The summed E-state index contributed by atoms with van der Waals surface area (Å²) < 4.78 is 33.9. The number of amides is 1. The molecule has 3 aromatic carbocycles. The van der Waals surface area contributed by atoms with Gasteiger partial charge in [0.05, 0.1) is 11.3 Å². The van der Waals surface area contributed by atoms with Crippen LogP contribution >= 0.6 is 0 Å². The number of para-hydroxylation sites is 1. The number of fused-ring (bicyclic) bond motifs is 4. The fourth-order valence-corrected chi connectivity index (χ4v) is 4.48. The lowest BCUT2D eigenvalue weighted by Gasteiger charge is -2.09. The molecule has 0 radical (unpaired) electrons. The van der Waals surface area contributed by atoms with Crippen LogP contribution in [0.15, 0.2) is 70.0 Å². The number of furan rings is 1. The average Bonchev–Trinajstić information content (AvgIpc) is 3.19. The molecular formula is C20H14N2O4S. The summed E-state index contributed by atoms with van der Waals surface area (Å²) >= 11 is 0. The number of benzene rings is 3. The van der Waals surface area contributed by atoms with E-state index in [0.717, 1.165) is 16.4 Å². The highest BCUT2D eigenvalue weighted by molar-refractivity contribution is 7.92. The number of anilines is 2. The smallest absolute Gasteiger partial charge is 0.261 e.